The van der Waals surface area contributed by atoms with E-state index in [0.717, 1.165) is 34.0 Å². The summed E-state index contributed by atoms with van der Waals surface area (Å²) in [6.07, 6.45) is 0. The first-order valence-corrected chi connectivity index (χ1v) is 10.2. The van der Waals surface area contributed by atoms with Crippen LogP contribution in [0.4, 0.5) is 0 Å². The molecular weight excluding hydrogens is 388 g/mol. The van der Waals surface area contributed by atoms with Crippen molar-refractivity contribution in [3.05, 3.63) is 89.7 Å². The van der Waals surface area contributed by atoms with E-state index in [9.17, 15) is 0 Å². The van der Waals surface area contributed by atoms with Crippen molar-refractivity contribution in [2.75, 3.05) is 14.2 Å². The summed E-state index contributed by atoms with van der Waals surface area (Å²) in [7, 11) is 3.29. The number of methoxy groups -OCH3 is 2. The number of rotatable bonds is 7. The number of hydrogen-bond donors (Lipinski definition) is 0. The zero-order valence-corrected chi connectivity index (χ0v) is 18.3. The van der Waals surface area contributed by atoms with Gasteiger partial charge in [0.05, 0.1) is 19.9 Å². The second-order valence-corrected chi connectivity index (χ2v) is 7.31. The van der Waals surface area contributed by atoms with Gasteiger partial charge < -0.3 is 18.8 Å². The summed E-state index contributed by atoms with van der Waals surface area (Å²) in [5.41, 5.74) is 5.00. The summed E-state index contributed by atoms with van der Waals surface area (Å²) in [4.78, 5) is 4.90. The van der Waals surface area contributed by atoms with Crippen LogP contribution in [0.5, 0.6) is 17.2 Å². The summed E-state index contributed by atoms with van der Waals surface area (Å²) in [6, 6.07) is 24.0. The van der Waals surface area contributed by atoms with Gasteiger partial charge in [0.25, 0.3) is 0 Å². The van der Waals surface area contributed by atoms with E-state index in [1.165, 1.54) is 0 Å². The first-order chi connectivity index (χ1) is 15.1. The van der Waals surface area contributed by atoms with E-state index in [0.29, 0.717) is 23.9 Å². The van der Waals surface area contributed by atoms with Crippen molar-refractivity contribution in [1.82, 2.24) is 9.55 Å². The Bertz CT molecular complexity index is 1160. The van der Waals surface area contributed by atoms with E-state index in [4.69, 9.17) is 19.2 Å². The molecule has 0 saturated carbocycles. The maximum absolute atomic E-state index is 6.03. The largest absolute Gasteiger partial charge is 0.496 e. The summed E-state index contributed by atoms with van der Waals surface area (Å²) >= 11 is 0. The highest BCUT2D eigenvalue weighted by molar-refractivity contribution is 5.72. The number of nitrogens with zero attached hydrogens (tertiary/aromatic N) is 2. The molecule has 0 saturated heterocycles. The van der Waals surface area contributed by atoms with Crippen molar-refractivity contribution in [3.63, 3.8) is 0 Å². The lowest BCUT2D eigenvalue weighted by atomic mass is 10.1. The lowest BCUT2D eigenvalue weighted by Crippen LogP contribution is -2.03. The molecule has 2 heterocycles. The zero-order chi connectivity index (χ0) is 21.8. The molecule has 5 nitrogen and oxygen atoms in total. The quantitative estimate of drug-likeness (QED) is 0.386. The molecule has 5 heteroatoms. The normalized spacial score (nSPS) is 10.7. The summed E-state index contributed by atoms with van der Waals surface area (Å²) < 4.78 is 19.5. The van der Waals surface area contributed by atoms with Gasteiger partial charge in [-0.05, 0) is 49.7 Å². The molecule has 4 aromatic rings. The van der Waals surface area contributed by atoms with Crippen molar-refractivity contribution in [2.45, 2.75) is 20.5 Å². The third kappa shape index (κ3) is 4.26. The molecule has 0 unspecified atom stereocenters. The van der Waals surface area contributed by atoms with Crippen molar-refractivity contribution in [2.24, 2.45) is 0 Å². The van der Waals surface area contributed by atoms with Crippen LogP contribution in [0.1, 0.15) is 17.0 Å². The average molecular weight is 415 g/mol. The Morgan fingerprint density at radius 1 is 0.742 bits per heavy atom. The van der Waals surface area contributed by atoms with Crippen LogP contribution in [-0.2, 0) is 6.61 Å². The highest BCUT2D eigenvalue weighted by Gasteiger charge is 2.16. The molecular formula is C26H26N2O3. The maximum Gasteiger partial charge on any atom is 0.165 e. The third-order valence-electron chi connectivity index (χ3n) is 5.23. The molecule has 0 aliphatic carbocycles. The Kier molecular flexibility index (Phi) is 5.94. The fraction of sp³-hybridized carbons (Fsp3) is 0.192. The number of benzene rings is 2. The van der Waals surface area contributed by atoms with Crippen LogP contribution in [0.2, 0.25) is 0 Å². The SMILES string of the molecule is COc1cc(-c2cccc(-n3c(C)ccc3C)n2)c(OC)cc1OCc1ccccc1. The van der Waals surface area contributed by atoms with Crippen LogP contribution in [0, 0.1) is 13.8 Å². The summed E-state index contributed by atoms with van der Waals surface area (Å²) in [6.45, 7) is 4.59. The predicted octanol–water partition coefficient (Wildman–Crippen LogP) is 5.75. The van der Waals surface area contributed by atoms with Gasteiger partial charge in [-0.15, -0.1) is 0 Å². The van der Waals surface area contributed by atoms with Gasteiger partial charge in [-0.25, -0.2) is 4.98 Å². The third-order valence-corrected chi connectivity index (χ3v) is 5.23. The topological polar surface area (TPSA) is 45.5 Å². The van der Waals surface area contributed by atoms with Crippen LogP contribution in [0.25, 0.3) is 17.1 Å². The number of pyridine rings is 1. The Morgan fingerprint density at radius 2 is 1.45 bits per heavy atom. The van der Waals surface area contributed by atoms with E-state index in [-0.39, 0.29) is 0 Å². The van der Waals surface area contributed by atoms with Gasteiger partial charge in [-0.3, -0.25) is 0 Å². The van der Waals surface area contributed by atoms with Crippen molar-refractivity contribution < 1.29 is 14.2 Å². The monoisotopic (exact) mass is 414 g/mol. The van der Waals surface area contributed by atoms with Crippen LogP contribution in [-0.4, -0.2) is 23.8 Å². The summed E-state index contributed by atoms with van der Waals surface area (Å²) in [5.74, 6) is 2.80. The molecule has 158 valence electrons. The van der Waals surface area contributed by atoms with E-state index in [1.807, 2.05) is 60.7 Å². The fourth-order valence-corrected chi connectivity index (χ4v) is 3.65. The fourth-order valence-electron chi connectivity index (χ4n) is 3.65. The van der Waals surface area contributed by atoms with Gasteiger partial charge in [-0.2, -0.15) is 0 Å². The average Bonchev–Trinajstić information content (AvgIpc) is 3.15. The lowest BCUT2D eigenvalue weighted by Gasteiger charge is -2.16. The minimum Gasteiger partial charge on any atom is -0.496 e. The van der Waals surface area contributed by atoms with Crippen LogP contribution < -0.4 is 14.2 Å². The molecule has 0 fully saturated rings. The molecule has 4 rings (SSSR count). The maximum atomic E-state index is 6.03. The molecule has 0 radical (unpaired) electrons. The number of hydrogen-bond acceptors (Lipinski definition) is 4. The molecule has 0 amide bonds. The first-order valence-electron chi connectivity index (χ1n) is 10.2. The minimum atomic E-state index is 0.444. The van der Waals surface area contributed by atoms with E-state index < -0.39 is 0 Å². The molecule has 2 aromatic carbocycles. The second-order valence-electron chi connectivity index (χ2n) is 7.31. The van der Waals surface area contributed by atoms with Gasteiger partial charge in [0.2, 0.25) is 0 Å². The number of aryl methyl sites for hydroxylation is 2. The molecule has 0 bridgehead atoms. The highest BCUT2D eigenvalue weighted by Crippen LogP contribution is 2.40. The lowest BCUT2D eigenvalue weighted by molar-refractivity contribution is 0.282. The number of aromatic nitrogens is 2. The van der Waals surface area contributed by atoms with Crippen molar-refractivity contribution >= 4 is 0 Å². The molecule has 2 aromatic heterocycles. The van der Waals surface area contributed by atoms with Gasteiger partial charge in [0.15, 0.2) is 11.5 Å². The Balaban J connectivity index is 1.71. The van der Waals surface area contributed by atoms with Crippen LogP contribution >= 0.6 is 0 Å². The standard InChI is InChI=1S/C26H26N2O3/c1-18-13-14-19(2)28(18)26-12-8-11-22(27-26)21-15-24(30-4)25(16-23(21)29-3)31-17-20-9-6-5-7-10-20/h5-16H,17H2,1-4H3. The second kappa shape index (κ2) is 8.96. The smallest absolute Gasteiger partial charge is 0.165 e. The molecule has 31 heavy (non-hydrogen) atoms. The van der Waals surface area contributed by atoms with E-state index >= 15 is 0 Å². The van der Waals surface area contributed by atoms with Gasteiger partial charge in [0.1, 0.15) is 18.2 Å². The molecule has 0 atom stereocenters. The van der Waals surface area contributed by atoms with Gasteiger partial charge in [0, 0.05) is 23.0 Å². The predicted molar refractivity (Wildman–Crippen MR) is 122 cm³/mol. The Labute approximate surface area is 182 Å². The molecule has 0 N–H and O–H groups in total. The van der Waals surface area contributed by atoms with E-state index in [2.05, 4.69) is 30.5 Å². The number of ether oxygens (including phenoxy) is 3. The van der Waals surface area contributed by atoms with Gasteiger partial charge in [-0.1, -0.05) is 36.4 Å². The highest BCUT2D eigenvalue weighted by atomic mass is 16.5. The van der Waals surface area contributed by atoms with Crippen LogP contribution in [0.15, 0.2) is 72.8 Å². The summed E-state index contributed by atoms with van der Waals surface area (Å²) in [5, 5.41) is 0. The molecule has 0 aliphatic heterocycles. The Hall–Kier alpha value is -3.73. The molecule has 0 spiro atoms. The Morgan fingerprint density at radius 3 is 2.13 bits per heavy atom. The first kappa shape index (κ1) is 20.5. The van der Waals surface area contributed by atoms with E-state index in [1.54, 1.807) is 14.2 Å². The van der Waals surface area contributed by atoms with Gasteiger partial charge >= 0.3 is 0 Å². The molecule has 0 aliphatic rings. The van der Waals surface area contributed by atoms with Crippen molar-refractivity contribution in [3.8, 4) is 34.3 Å². The van der Waals surface area contributed by atoms with Crippen molar-refractivity contribution in [1.29, 1.82) is 0 Å². The zero-order valence-electron chi connectivity index (χ0n) is 18.3. The van der Waals surface area contributed by atoms with Crippen LogP contribution in [0.3, 0.4) is 0 Å². The minimum absolute atomic E-state index is 0.444.